The number of amides is 2. The van der Waals surface area contributed by atoms with Crippen molar-refractivity contribution >= 4 is 28.8 Å². The normalized spacial score (nSPS) is 23.9. The summed E-state index contributed by atoms with van der Waals surface area (Å²) in [7, 11) is 0. The van der Waals surface area contributed by atoms with Gasteiger partial charge >= 0.3 is 0 Å². The van der Waals surface area contributed by atoms with Crippen LogP contribution in [0.2, 0.25) is 0 Å². The van der Waals surface area contributed by atoms with Gasteiger partial charge in [0.25, 0.3) is 5.91 Å². The second kappa shape index (κ2) is 5.25. The van der Waals surface area contributed by atoms with Crippen molar-refractivity contribution in [2.45, 2.75) is 0 Å². The van der Waals surface area contributed by atoms with Crippen LogP contribution in [0.25, 0.3) is 0 Å². The number of carbonyl (C=O) groups excluding carboxylic acids is 2. The molecule has 1 aromatic heterocycles. The van der Waals surface area contributed by atoms with E-state index in [4.69, 9.17) is 0 Å². The molecule has 2 atom stereocenters. The number of carbonyl (C=O) groups is 2. The minimum Gasteiger partial charge on any atom is -0.337 e. The molecule has 4 rings (SSSR count). The monoisotopic (exact) mass is 312 g/mol. The predicted octanol–water partition coefficient (Wildman–Crippen LogP) is 2.48. The van der Waals surface area contributed by atoms with Gasteiger partial charge in [-0.25, -0.2) is 0 Å². The lowest BCUT2D eigenvalue weighted by Crippen LogP contribution is -2.35. The van der Waals surface area contributed by atoms with Crippen molar-refractivity contribution in [3.63, 3.8) is 0 Å². The van der Waals surface area contributed by atoms with Crippen molar-refractivity contribution < 1.29 is 9.59 Å². The highest BCUT2D eigenvalue weighted by molar-refractivity contribution is 7.08. The van der Waals surface area contributed by atoms with E-state index < -0.39 is 0 Å². The zero-order valence-electron chi connectivity index (χ0n) is 12.0. The lowest BCUT2D eigenvalue weighted by Gasteiger charge is -2.21. The maximum Gasteiger partial charge on any atom is 0.254 e. The minimum atomic E-state index is -0.0530. The maximum absolute atomic E-state index is 12.6. The second-order valence-corrected chi connectivity index (χ2v) is 6.65. The van der Waals surface area contributed by atoms with Gasteiger partial charge in [-0.3, -0.25) is 9.59 Å². The van der Waals surface area contributed by atoms with E-state index in [2.05, 4.69) is 0 Å². The Kier molecular flexibility index (Phi) is 3.22. The third kappa shape index (κ3) is 2.13. The molecule has 0 bridgehead atoms. The Hall–Kier alpha value is -2.14. The average Bonchev–Trinajstić information content (AvgIpc) is 3.25. The molecular weight excluding hydrogens is 296 g/mol. The van der Waals surface area contributed by atoms with Crippen LogP contribution in [0.4, 0.5) is 5.69 Å². The highest BCUT2D eigenvalue weighted by atomic mass is 32.1. The van der Waals surface area contributed by atoms with Crippen LogP contribution < -0.4 is 4.90 Å². The van der Waals surface area contributed by atoms with Gasteiger partial charge in [0.15, 0.2) is 0 Å². The topological polar surface area (TPSA) is 40.6 Å². The molecule has 2 amide bonds. The molecule has 3 heterocycles. The summed E-state index contributed by atoms with van der Waals surface area (Å²) in [5, 5.41) is 3.78. The molecule has 5 heteroatoms. The van der Waals surface area contributed by atoms with Gasteiger partial charge in [0.05, 0.1) is 11.5 Å². The van der Waals surface area contributed by atoms with E-state index in [1.807, 2.05) is 57.0 Å². The van der Waals surface area contributed by atoms with Gasteiger partial charge in [0.1, 0.15) is 0 Å². The molecule has 2 aliphatic heterocycles. The number of rotatable bonds is 2. The van der Waals surface area contributed by atoms with E-state index in [0.717, 1.165) is 11.3 Å². The maximum atomic E-state index is 12.6. The van der Waals surface area contributed by atoms with Crippen LogP contribution in [0.3, 0.4) is 0 Å². The molecule has 22 heavy (non-hydrogen) atoms. The number of hydrogen-bond donors (Lipinski definition) is 0. The number of hydrogen-bond acceptors (Lipinski definition) is 3. The third-order valence-corrected chi connectivity index (χ3v) is 5.25. The first-order valence-corrected chi connectivity index (χ1v) is 8.36. The zero-order chi connectivity index (χ0) is 15.1. The Balaban J connectivity index is 1.50. The Labute approximate surface area is 133 Å². The number of para-hydroxylation sites is 1. The van der Waals surface area contributed by atoms with E-state index in [-0.39, 0.29) is 23.7 Å². The number of nitrogens with zero attached hydrogens (tertiary/aromatic N) is 2. The lowest BCUT2D eigenvalue weighted by molar-refractivity contribution is -0.120. The minimum absolute atomic E-state index is 0.0507. The molecule has 0 aliphatic carbocycles. The molecule has 112 valence electrons. The third-order valence-electron chi connectivity index (χ3n) is 4.56. The quantitative estimate of drug-likeness (QED) is 0.855. The van der Waals surface area contributed by atoms with Gasteiger partial charge in [0, 0.05) is 36.6 Å². The average molecular weight is 312 g/mol. The number of anilines is 1. The van der Waals surface area contributed by atoms with E-state index in [0.29, 0.717) is 19.6 Å². The van der Waals surface area contributed by atoms with Crippen molar-refractivity contribution in [2.75, 3.05) is 24.5 Å². The molecule has 4 nitrogen and oxygen atoms in total. The first-order valence-electron chi connectivity index (χ1n) is 7.42. The van der Waals surface area contributed by atoms with Crippen LogP contribution in [-0.2, 0) is 4.79 Å². The Morgan fingerprint density at radius 1 is 1.09 bits per heavy atom. The van der Waals surface area contributed by atoms with Crippen LogP contribution in [0, 0.1) is 11.8 Å². The summed E-state index contributed by atoms with van der Waals surface area (Å²) in [6.07, 6.45) is 0. The van der Waals surface area contributed by atoms with Crippen LogP contribution in [0.5, 0.6) is 0 Å². The zero-order valence-corrected chi connectivity index (χ0v) is 12.8. The van der Waals surface area contributed by atoms with E-state index in [9.17, 15) is 9.59 Å². The Morgan fingerprint density at radius 3 is 2.59 bits per heavy atom. The van der Waals surface area contributed by atoms with Gasteiger partial charge in [-0.15, -0.1) is 0 Å². The van der Waals surface area contributed by atoms with Gasteiger partial charge in [-0.2, -0.15) is 11.3 Å². The summed E-state index contributed by atoms with van der Waals surface area (Å²) >= 11 is 1.52. The largest absolute Gasteiger partial charge is 0.337 e. The first kappa shape index (κ1) is 13.5. The van der Waals surface area contributed by atoms with E-state index in [1.165, 1.54) is 11.3 Å². The van der Waals surface area contributed by atoms with Crippen LogP contribution in [-0.4, -0.2) is 36.3 Å². The Morgan fingerprint density at radius 2 is 1.91 bits per heavy atom. The number of likely N-dealkylation sites (tertiary alicyclic amines) is 1. The summed E-state index contributed by atoms with van der Waals surface area (Å²) in [6, 6.07) is 11.6. The number of fused-ring (bicyclic) bond motifs is 1. The smallest absolute Gasteiger partial charge is 0.254 e. The molecule has 0 saturated carbocycles. The summed E-state index contributed by atoms with van der Waals surface area (Å²) in [6.45, 7) is 1.93. The fourth-order valence-corrected chi connectivity index (χ4v) is 4.07. The summed E-state index contributed by atoms with van der Waals surface area (Å²) in [5.41, 5.74) is 1.69. The van der Waals surface area contributed by atoms with Crippen LogP contribution in [0.15, 0.2) is 47.2 Å². The number of thiophene rings is 1. The highest BCUT2D eigenvalue weighted by Crippen LogP contribution is 2.35. The molecule has 0 unspecified atom stereocenters. The molecule has 2 aliphatic rings. The van der Waals surface area contributed by atoms with Gasteiger partial charge in [-0.1, -0.05) is 18.2 Å². The molecule has 1 aromatic carbocycles. The fourth-order valence-electron chi connectivity index (χ4n) is 3.44. The van der Waals surface area contributed by atoms with Crippen molar-refractivity contribution in [2.24, 2.45) is 11.8 Å². The fraction of sp³-hybridized carbons (Fsp3) is 0.294. The second-order valence-electron chi connectivity index (χ2n) is 5.87. The van der Waals surface area contributed by atoms with Gasteiger partial charge < -0.3 is 9.80 Å². The molecule has 0 radical (unpaired) electrons. The van der Waals surface area contributed by atoms with E-state index in [1.54, 1.807) is 0 Å². The molecule has 2 fully saturated rings. The van der Waals surface area contributed by atoms with Gasteiger partial charge in [-0.05, 0) is 23.6 Å². The highest BCUT2D eigenvalue weighted by Gasteiger charge is 2.47. The Bertz CT molecular complexity index is 699. The SMILES string of the molecule is O=C(c1ccsc1)N1C[C@H]2CN(c3ccccc3)C(=O)[C@@H]2C1. The predicted molar refractivity (Wildman–Crippen MR) is 86.0 cm³/mol. The molecule has 2 saturated heterocycles. The van der Waals surface area contributed by atoms with Crippen LogP contribution in [0.1, 0.15) is 10.4 Å². The van der Waals surface area contributed by atoms with E-state index >= 15 is 0 Å². The van der Waals surface area contributed by atoms with Crippen molar-refractivity contribution in [1.29, 1.82) is 0 Å². The summed E-state index contributed by atoms with van der Waals surface area (Å²) < 4.78 is 0. The molecule has 0 N–H and O–H groups in total. The van der Waals surface area contributed by atoms with Crippen molar-refractivity contribution in [3.05, 3.63) is 52.7 Å². The molecule has 0 spiro atoms. The number of benzene rings is 1. The van der Waals surface area contributed by atoms with Gasteiger partial charge in [0.2, 0.25) is 5.91 Å². The summed E-state index contributed by atoms with van der Waals surface area (Å²) in [5.74, 6) is 0.393. The lowest BCUT2D eigenvalue weighted by atomic mass is 10.0. The van der Waals surface area contributed by atoms with Crippen molar-refractivity contribution in [1.82, 2.24) is 4.90 Å². The molecule has 2 aromatic rings. The van der Waals surface area contributed by atoms with Crippen molar-refractivity contribution in [3.8, 4) is 0 Å². The molecular formula is C17H16N2O2S. The van der Waals surface area contributed by atoms with Crippen LogP contribution >= 0.6 is 11.3 Å². The first-order chi connectivity index (χ1) is 10.7. The summed E-state index contributed by atoms with van der Waals surface area (Å²) in [4.78, 5) is 28.7. The standard InChI is InChI=1S/C17H16N2O2S/c20-16(12-6-7-22-11-12)18-8-13-9-19(17(21)15(13)10-18)14-4-2-1-3-5-14/h1-7,11,13,15H,8-10H2/t13-,15+/m0/s1.